The number of benzene rings is 2. The molecule has 2 aromatic carbocycles. The van der Waals surface area contributed by atoms with Crippen molar-refractivity contribution in [3.63, 3.8) is 0 Å². The van der Waals surface area contributed by atoms with E-state index in [1.807, 2.05) is 60.7 Å². The fourth-order valence-corrected chi connectivity index (χ4v) is 4.27. The molecule has 198 valence electrons. The third-order valence-electron chi connectivity index (χ3n) is 5.90. The maximum absolute atomic E-state index is 13.4. The quantitative estimate of drug-likeness (QED) is 0.431. The van der Waals surface area contributed by atoms with Gasteiger partial charge in [0.05, 0.1) is 19.3 Å². The van der Waals surface area contributed by atoms with Crippen molar-refractivity contribution < 1.29 is 27.5 Å². The van der Waals surface area contributed by atoms with E-state index in [1.165, 1.54) is 0 Å². The molecule has 1 aliphatic heterocycles. The second-order valence-electron chi connectivity index (χ2n) is 8.91. The minimum absolute atomic E-state index is 0.224. The summed E-state index contributed by atoms with van der Waals surface area (Å²) < 4.78 is 28.4. The van der Waals surface area contributed by atoms with E-state index in [2.05, 4.69) is 10.6 Å². The number of ether oxygens (including phenoxy) is 1. The number of carbonyl (C=O) groups excluding carboxylic acids is 3. The second-order valence-corrected chi connectivity index (χ2v) is 10.8. The highest BCUT2D eigenvalue weighted by atomic mass is 32.2. The number of hydrogen-bond donors (Lipinski definition) is 2. The van der Waals surface area contributed by atoms with Crippen LogP contribution >= 0.6 is 0 Å². The number of aryl methyl sites for hydroxylation is 1. The zero-order valence-electron chi connectivity index (χ0n) is 20.8. The first kappa shape index (κ1) is 28.1. The summed E-state index contributed by atoms with van der Waals surface area (Å²) in [6.07, 6.45) is 2.95. The molecule has 0 bridgehead atoms. The van der Waals surface area contributed by atoms with E-state index >= 15 is 0 Å². The number of nitrogens with one attached hydrogen (secondary N) is 2. The molecular weight excluding hydrogens is 494 g/mol. The van der Waals surface area contributed by atoms with Gasteiger partial charge in [0.2, 0.25) is 5.91 Å². The van der Waals surface area contributed by atoms with E-state index in [0.29, 0.717) is 32.7 Å². The van der Waals surface area contributed by atoms with Crippen molar-refractivity contribution in [1.82, 2.24) is 15.5 Å². The first-order chi connectivity index (χ1) is 17.7. The van der Waals surface area contributed by atoms with E-state index in [1.54, 1.807) is 4.90 Å². The molecule has 0 aliphatic carbocycles. The van der Waals surface area contributed by atoms with E-state index in [4.69, 9.17) is 4.74 Å². The summed E-state index contributed by atoms with van der Waals surface area (Å²) in [5.74, 6) is -1.06. The van der Waals surface area contributed by atoms with E-state index in [0.717, 1.165) is 28.9 Å². The lowest BCUT2D eigenvalue weighted by Gasteiger charge is -2.29. The number of morpholine rings is 1. The van der Waals surface area contributed by atoms with Crippen molar-refractivity contribution in [2.24, 2.45) is 0 Å². The standard InChI is InChI=1S/C27H33N3O6S/c1-37(34,35)19-14-25(31)23(13-12-21-8-4-2-5-9-21)28-26(32)24(20-22-10-6-3-7-11-22)29-27(33)30-15-17-36-18-16-30/h2-11,14,19,23-24H,12-13,15-18,20H2,1H3,(H,28,32)(H,29,33)/b19-14+/t23-,24-/m0/s1. The van der Waals surface area contributed by atoms with Gasteiger partial charge in [-0.05, 0) is 30.0 Å². The molecule has 0 aromatic heterocycles. The maximum Gasteiger partial charge on any atom is 0.318 e. The normalized spacial score (nSPS) is 15.6. The van der Waals surface area contributed by atoms with Crippen LogP contribution in [0.3, 0.4) is 0 Å². The maximum atomic E-state index is 13.4. The van der Waals surface area contributed by atoms with Crippen molar-refractivity contribution in [2.75, 3.05) is 32.6 Å². The molecule has 3 amide bonds. The van der Waals surface area contributed by atoms with Crippen molar-refractivity contribution in [2.45, 2.75) is 31.3 Å². The van der Waals surface area contributed by atoms with Gasteiger partial charge in [-0.25, -0.2) is 13.2 Å². The zero-order valence-corrected chi connectivity index (χ0v) is 21.7. The van der Waals surface area contributed by atoms with Gasteiger partial charge in [-0.2, -0.15) is 0 Å². The molecule has 0 spiro atoms. The van der Waals surface area contributed by atoms with Crippen molar-refractivity contribution in [1.29, 1.82) is 0 Å². The highest BCUT2D eigenvalue weighted by molar-refractivity contribution is 7.93. The zero-order chi connectivity index (χ0) is 26.7. The molecule has 2 atom stereocenters. The number of amides is 3. The number of urea groups is 1. The average molecular weight is 528 g/mol. The van der Waals surface area contributed by atoms with Gasteiger partial charge in [0.25, 0.3) is 0 Å². The Balaban J connectivity index is 1.78. The molecule has 0 saturated carbocycles. The van der Waals surface area contributed by atoms with Crippen LogP contribution in [0.5, 0.6) is 0 Å². The van der Waals surface area contributed by atoms with Crippen LogP contribution in [0.4, 0.5) is 4.79 Å². The van der Waals surface area contributed by atoms with Crippen LogP contribution in [-0.2, 0) is 37.0 Å². The fraction of sp³-hybridized carbons (Fsp3) is 0.370. The molecule has 10 heteroatoms. The monoisotopic (exact) mass is 527 g/mol. The largest absolute Gasteiger partial charge is 0.378 e. The van der Waals surface area contributed by atoms with Gasteiger partial charge in [-0.15, -0.1) is 0 Å². The molecular formula is C27H33N3O6S. The lowest BCUT2D eigenvalue weighted by Crippen LogP contribution is -2.56. The smallest absolute Gasteiger partial charge is 0.318 e. The highest BCUT2D eigenvalue weighted by Crippen LogP contribution is 2.10. The third kappa shape index (κ3) is 9.82. The molecule has 2 aromatic rings. The van der Waals surface area contributed by atoms with Crippen LogP contribution in [0.25, 0.3) is 0 Å². The molecule has 2 N–H and O–H groups in total. The second kappa shape index (κ2) is 13.7. The lowest BCUT2D eigenvalue weighted by atomic mass is 10.0. The summed E-state index contributed by atoms with van der Waals surface area (Å²) in [5, 5.41) is 6.39. The predicted molar refractivity (Wildman–Crippen MR) is 141 cm³/mol. The van der Waals surface area contributed by atoms with E-state index in [9.17, 15) is 22.8 Å². The minimum Gasteiger partial charge on any atom is -0.378 e. The Bertz CT molecular complexity index is 1180. The summed E-state index contributed by atoms with van der Waals surface area (Å²) in [6, 6.07) is 16.4. The number of carbonyl (C=O) groups is 3. The molecule has 0 radical (unpaired) electrons. The Morgan fingerprint density at radius 2 is 1.51 bits per heavy atom. The molecule has 1 aliphatic rings. The van der Waals surface area contributed by atoms with Crippen molar-refractivity contribution in [3.8, 4) is 0 Å². The Morgan fingerprint density at radius 1 is 0.919 bits per heavy atom. The van der Waals surface area contributed by atoms with Gasteiger partial charge in [-0.3, -0.25) is 9.59 Å². The SMILES string of the molecule is CS(=O)(=O)/C=C/C(=O)[C@H](CCc1ccccc1)NC(=O)[C@H](Cc1ccccc1)NC(=O)N1CCOCC1. The lowest BCUT2D eigenvalue weighted by molar-refractivity contribution is -0.127. The third-order valence-corrected chi connectivity index (χ3v) is 6.53. The topological polar surface area (TPSA) is 122 Å². The number of hydrogen-bond acceptors (Lipinski definition) is 6. The molecule has 1 heterocycles. The average Bonchev–Trinajstić information content (AvgIpc) is 2.90. The van der Waals surface area contributed by atoms with E-state index < -0.39 is 33.6 Å². The summed E-state index contributed by atoms with van der Waals surface area (Å²) >= 11 is 0. The summed E-state index contributed by atoms with van der Waals surface area (Å²) in [7, 11) is -3.52. The predicted octanol–water partition coefficient (Wildman–Crippen LogP) is 1.88. The Hall–Kier alpha value is -3.50. The van der Waals surface area contributed by atoms with Gasteiger partial charge < -0.3 is 20.3 Å². The van der Waals surface area contributed by atoms with Crippen molar-refractivity contribution in [3.05, 3.63) is 83.3 Å². The number of nitrogens with zero attached hydrogens (tertiary/aromatic N) is 1. The first-order valence-electron chi connectivity index (χ1n) is 12.1. The van der Waals surface area contributed by atoms with Gasteiger partial charge in [0, 0.05) is 31.2 Å². The highest BCUT2D eigenvalue weighted by Gasteiger charge is 2.28. The van der Waals surface area contributed by atoms with Crippen LogP contribution in [0, 0.1) is 0 Å². The van der Waals surface area contributed by atoms with Crippen LogP contribution in [0.2, 0.25) is 0 Å². The van der Waals surface area contributed by atoms with Gasteiger partial charge in [0.1, 0.15) is 6.04 Å². The fourth-order valence-electron chi connectivity index (χ4n) is 3.89. The van der Waals surface area contributed by atoms with E-state index in [-0.39, 0.29) is 18.9 Å². The molecule has 3 rings (SSSR count). The van der Waals surface area contributed by atoms with Crippen LogP contribution in [0.15, 0.2) is 72.1 Å². The number of ketones is 1. The van der Waals surface area contributed by atoms with Gasteiger partial charge in [0.15, 0.2) is 15.6 Å². The van der Waals surface area contributed by atoms with Crippen LogP contribution in [-0.4, -0.2) is 75.7 Å². The summed E-state index contributed by atoms with van der Waals surface area (Å²) in [5.41, 5.74) is 1.82. The van der Waals surface area contributed by atoms with Crippen LogP contribution < -0.4 is 10.6 Å². The molecule has 1 fully saturated rings. The Kier molecular flexibility index (Phi) is 10.4. The van der Waals surface area contributed by atoms with Gasteiger partial charge >= 0.3 is 6.03 Å². The molecule has 37 heavy (non-hydrogen) atoms. The molecule has 0 unspecified atom stereocenters. The first-order valence-corrected chi connectivity index (χ1v) is 14.1. The summed E-state index contributed by atoms with van der Waals surface area (Å²) in [6.45, 7) is 1.68. The Labute approximate surface area is 217 Å². The Morgan fingerprint density at radius 3 is 2.11 bits per heavy atom. The van der Waals surface area contributed by atoms with Crippen LogP contribution in [0.1, 0.15) is 17.5 Å². The van der Waals surface area contributed by atoms with Crippen molar-refractivity contribution >= 4 is 27.6 Å². The van der Waals surface area contributed by atoms with Gasteiger partial charge in [-0.1, -0.05) is 60.7 Å². The number of sulfone groups is 1. The number of rotatable bonds is 11. The molecule has 1 saturated heterocycles. The minimum atomic E-state index is -3.52. The molecule has 9 nitrogen and oxygen atoms in total. The summed E-state index contributed by atoms with van der Waals surface area (Å²) in [4.78, 5) is 40.8.